The van der Waals surface area contributed by atoms with Gasteiger partial charge in [-0.3, -0.25) is 0 Å². The predicted octanol–water partition coefficient (Wildman–Crippen LogP) is 3.24. The van der Waals surface area contributed by atoms with Crippen molar-refractivity contribution >= 4 is 38.5 Å². The Morgan fingerprint density at radius 2 is 2.31 bits per heavy atom. The van der Waals surface area contributed by atoms with Gasteiger partial charge in [0.15, 0.2) is 22.2 Å². The average molecular weight is 406 g/mol. The van der Waals surface area contributed by atoms with Crippen molar-refractivity contribution in [3.63, 3.8) is 0 Å². The van der Waals surface area contributed by atoms with Gasteiger partial charge in [0, 0.05) is 13.0 Å². The summed E-state index contributed by atoms with van der Waals surface area (Å²) in [6.45, 7) is 0.630. The largest absolute Gasteiger partial charge is 0.483 e. The normalized spacial score (nSPS) is 19.7. The minimum absolute atomic E-state index is 0.183. The lowest BCUT2D eigenvalue weighted by Gasteiger charge is -2.30. The third-order valence-electron chi connectivity index (χ3n) is 2.08. The quantitative estimate of drug-likeness (QED) is 0.531. The number of hydrogen-bond donors (Lipinski definition) is 0. The minimum Gasteiger partial charge on any atom is -0.483 e. The van der Waals surface area contributed by atoms with Gasteiger partial charge in [-0.1, -0.05) is 0 Å². The van der Waals surface area contributed by atoms with Gasteiger partial charge >= 0.3 is 0 Å². The van der Waals surface area contributed by atoms with Crippen LogP contribution in [0.5, 0.6) is 11.5 Å². The summed E-state index contributed by atoms with van der Waals surface area (Å²) in [6, 6.07) is 1.57. The van der Waals surface area contributed by atoms with Gasteiger partial charge in [0.2, 0.25) is 0 Å². The number of ether oxygens (including phenoxy) is 2. The van der Waals surface area contributed by atoms with Crippen LogP contribution in [0.1, 0.15) is 6.92 Å². The summed E-state index contributed by atoms with van der Waals surface area (Å²) in [6.07, 6.45) is -1.26. The van der Waals surface area contributed by atoms with Crippen molar-refractivity contribution in [3.05, 3.63) is 14.4 Å². The van der Waals surface area contributed by atoms with Gasteiger partial charge < -0.3 is 9.47 Å². The molecule has 1 aliphatic heterocycles. The fourth-order valence-electron chi connectivity index (χ4n) is 1.27. The third kappa shape index (κ3) is 2.39. The van der Waals surface area contributed by atoms with Crippen LogP contribution >= 0.6 is 38.5 Å². The van der Waals surface area contributed by atoms with Crippen molar-refractivity contribution in [3.8, 4) is 11.5 Å². The molecule has 1 atom stereocenters. The van der Waals surface area contributed by atoms with Crippen molar-refractivity contribution in [1.82, 2.24) is 4.98 Å². The molecule has 1 unspecified atom stereocenters. The van der Waals surface area contributed by atoms with Crippen molar-refractivity contribution in [2.45, 2.75) is 19.0 Å². The molecule has 2 rings (SSSR count). The highest BCUT2D eigenvalue weighted by Crippen LogP contribution is 2.40. The number of fused-ring (bicyclic) bond motifs is 1. The van der Waals surface area contributed by atoms with Gasteiger partial charge in [0.1, 0.15) is 10.3 Å². The second-order valence-electron chi connectivity index (χ2n) is 3.44. The molecule has 1 aromatic rings. The van der Waals surface area contributed by atoms with Crippen LogP contribution in [0.15, 0.2) is 10.7 Å². The smallest absolute Gasteiger partial charge is 0.284 e. The lowest BCUT2D eigenvalue weighted by molar-refractivity contribution is -0.105. The number of pyridine rings is 1. The Labute approximate surface area is 113 Å². The topological polar surface area (TPSA) is 31.4 Å². The summed E-state index contributed by atoms with van der Waals surface area (Å²) in [5.74, 6) is -2.26. The zero-order valence-electron chi connectivity index (χ0n) is 8.14. The first-order valence-corrected chi connectivity index (χ1v) is 6.28. The lowest BCUT2D eigenvalue weighted by Crippen LogP contribution is -2.42. The summed E-state index contributed by atoms with van der Waals surface area (Å²) in [5.41, 5.74) is 0. The summed E-state index contributed by atoms with van der Waals surface area (Å²) in [4.78, 5) is 4.08. The molecule has 0 aliphatic carbocycles. The van der Waals surface area contributed by atoms with Gasteiger partial charge in [0.05, 0.1) is 0 Å². The Morgan fingerprint density at radius 3 is 2.94 bits per heavy atom. The minimum atomic E-state index is -2.93. The van der Waals surface area contributed by atoms with Gasteiger partial charge in [0.25, 0.3) is 5.92 Å². The second kappa shape index (κ2) is 4.25. The molecule has 88 valence electrons. The van der Waals surface area contributed by atoms with Crippen LogP contribution in [0.3, 0.4) is 0 Å². The molecule has 0 radical (unpaired) electrons. The molecule has 0 aromatic carbocycles. The third-order valence-corrected chi connectivity index (χ3v) is 3.17. The highest BCUT2D eigenvalue weighted by molar-refractivity contribution is 14.1. The van der Waals surface area contributed by atoms with Crippen molar-refractivity contribution in [1.29, 1.82) is 0 Å². The lowest BCUT2D eigenvalue weighted by atomic mass is 10.2. The first kappa shape index (κ1) is 12.3. The van der Waals surface area contributed by atoms with E-state index in [9.17, 15) is 8.78 Å². The number of hydrogen-bond acceptors (Lipinski definition) is 3. The maximum Gasteiger partial charge on any atom is 0.284 e. The monoisotopic (exact) mass is 405 g/mol. The Balaban J connectivity index is 2.34. The molecule has 1 aliphatic rings. The molecule has 0 N–H and O–H groups in total. The van der Waals surface area contributed by atoms with Crippen LogP contribution in [0, 0.1) is 3.70 Å². The molecule has 0 bridgehead atoms. The van der Waals surface area contributed by atoms with Crippen LogP contribution in [0.25, 0.3) is 0 Å². The Bertz CT molecular complexity index is 425. The maximum absolute atomic E-state index is 13.1. The number of halogens is 4. The molecule has 0 spiro atoms. The SMILES string of the molecule is CC(F)(F)C1COc2c(cc(I)nc2Br)O1. The molecule has 0 saturated heterocycles. The zero-order chi connectivity index (χ0) is 11.9. The van der Waals surface area contributed by atoms with E-state index in [0.717, 1.165) is 6.92 Å². The molecule has 0 amide bonds. The van der Waals surface area contributed by atoms with Gasteiger partial charge in [-0.05, 0) is 38.5 Å². The first-order valence-electron chi connectivity index (χ1n) is 4.41. The van der Waals surface area contributed by atoms with Crippen molar-refractivity contribution < 1.29 is 18.3 Å². The maximum atomic E-state index is 13.1. The van der Waals surface area contributed by atoms with E-state index >= 15 is 0 Å². The number of aromatic nitrogens is 1. The van der Waals surface area contributed by atoms with E-state index in [1.165, 1.54) is 0 Å². The van der Waals surface area contributed by atoms with Gasteiger partial charge in [-0.15, -0.1) is 0 Å². The number of nitrogens with zero attached hydrogens (tertiary/aromatic N) is 1. The molecule has 3 nitrogen and oxygen atoms in total. The molecule has 2 heterocycles. The van der Waals surface area contributed by atoms with Crippen LogP contribution in [0.4, 0.5) is 8.78 Å². The average Bonchev–Trinajstić information content (AvgIpc) is 2.15. The van der Waals surface area contributed by atoms with E-state index in [2.05, 4.69) is 20.9 Å². The van der Waals surface area contributed by atoms with E-state index in [4.69, 9.17) is 9.47 Å². The molecular formula is C9H7BrF2INO2. The van der Waals surface area contributed by atoms with Crippen molar-refractivity contribution in [2.24, 2.45) is 0 Å². The summed E-state index contributed by atoms with van der Waals surface area (Å²) < 4.78 is 37.7. The van der Waals surface area contributed by atoms with Crippen LogP contribution in [-0.2, 0) is 0 Å². The van der Waals surface area contributed by atoms with Crippen molar-refractivity contribution in [2.75, 3.05) is 6.61 Å². The molecule has 0 fully saturated rings. The van der Waals surface area contributed by atoms with Crippen LogP contribution < -0.4 is 9.47 Å². The van der Waals surface area contributed by atoms with Crippen LogP contribution in [-0.4, -0.2) is 23.6 Å². The second-order valence-corrected chi connectivity index (χ2v) is 5.29. The Hall–Kier alpha value is -0.180. The molecule has 1 aromatic heterocycles. The fraction of sp³-hybridized carbons (Fsp3) is 0.444. The highest BCUT2D eigenvalue weighted by atomic mass is 127. The van der Waals surface area contributed by atoms with E-state index in [1.54, 1.807) is 6.07 Å². The standard InChI is InChI=1S/C9H7BrF2INO2/c1-9(11,12)5-3-15-7-4(16-5)2-6(13)14-8(7)10/h2,5H,3H2,1H3. The van der Waals surface area contributed by atoms with Gasteiger partial charge in [-0.25, -0.2) is 13.8 Å². The highest BCUT2D eigenvalue weighted by Gasteiger charge is 2.40. The molecular weight excluding hydrogens is 399 g/mol. The summed E-state index contributed by atoms with van der Waals surface area (Å²) in [5, 5.41) is 0. The first-order chi connectivity index (χ1) is 7.38. The number of alkyl halides is 2. The molecule has 16 heavy (non-hydrogen) atoms. The number of rotatable bonds is 1. The molecule has 0 saturated carbocycles. The molecule has 7 heteroatoms. The predicted molar refractivity (Wildman–Crippen MR) is 65.2 cm³/mol. The van der Waals surface area contributed by atoms with E-state index in [0.29, 0.717) is 19.8 Å². The summed E-state index contributed by atoms with van der Waals surface area (Å²) in [7, 11) is 0. The van der Waals surface area contributed by atoms with E-state index in [-0.39, 0.29) is 6.61 Å². The zero-order valence-corrected chi connectivity index (χ0v) is 11.9. The van der Waals surface area contributed by atoms with E-state index < -0.39 is 12.0 Å². The Kier molecular flexibility index (Phi) is 3.26. The Morgan fingerprint density at radius 1 is 1.62 bits per heavy atom. The van der Waals surface area contributed by atoms with Crippen LogP contribution in [0.2, 0.25) is 0 Å². The fourth-order valence-corrected chi connectivity index (χ4v) is 2.62. The summed E-state index contributed by atoms with van der Waals surface area (Å²) >= 11 is 5.17. The van der Waals surface area contributed by atoms with E-state index in [1.807, 2.05) is 22.6 Å². The van der Waals surface area contributed by atoms with Gasteiger partial charge in [-0.2, -0.15) is 0 Å².